The summed E-state index contributed by atoms with van der Waals surface area (Å²) in [4.78, 5) is 1.65. The standard InChI is InChI=1S/C13H21NS/c1-4-14-7-11-8-15-13-10(3)5-9(2)6-12(11)13/h8-10,14H,4-7H2,1-3H3. The number of thiophene rings is 1. The molecule has 15 heavy (non-hydrogen) atoms. The van der Waals surface area contributed by atoms with Gasteiger partial charge in [-0.3, -0.25) is 0 Å². The predicted molar refractivity (Wildman–Crippen MR) is 67.6 cm³/mol. The zero-order chi connectivity index (χ0) is 10.8. The Bertz CT molecular complexity index is 329. The third-order valence-corrected chi connectivity index (χ3v) is 4.64. The van der Waals surface area contributed by atoms with Crippen molar-refractivity contribution in [1.29, 1.82) is 0 Å². The van der Waals surface area contributed by atoms with Crippen LogP contribution in [0.3, 0.4) is 0 Å². The lowest BCUT2D eigenvalue weighted by atomic mass is 9.82. The van der Waals surface area contributed by atoms with E-state index in [1.165, 1.54) is 12.8 Å². The highest BCUT2D eigenvalue weighted by molar-refractivity contribution is 7.10. The Balaban J connectivity index is 2.21. The van der Waals surface area contributed by atoms with E-state index in [1.807, 2.05) is 11.3 Å². The van der Waals surface area contributed by atoms with Gasteiger partial charge in [-0.1, -0.05) is 20.8 Å². The van der Waals surface area contributed by atoms with Gasteiger partial charge in [0.25, 0.3) is 0 Å². The highest BCUT2D eigenvalue weighted by Gasteiger charge is 2.24. The van der Waals surface area contributed by atoms with Crippen LogP contribution in [0.1, 0.15) is 49.1 Å². The summed E-state index contributed by atoms with van der Waals surface area (Å²) in [6.07, 6.45) is 2.66. The minimum Gasteiger partial charge on any atom is -0.313 e. The lowest BCUT2D eigenvalue weighted by Gasteiger charge is -2.25. The summed E-state index contributed by atoms with van der Waals surface area (Å²) < 4.78 is 0. The molecule has 1 heterocycles. The Labute approximate surface area is 96.9 Å². The highest BCUT2D eigenvalue weighted by Crippen LogP contribution is 2.39. The number of rotatable bonds is 3. The lowest BCUT2D eigenvalue weighted by molar-refractivity contribution is 0.453. The first kappa shape index (κ1) is 11.2. The number of fused-ring (bicyclic) bond motifs is 1. The third kappa shape index (κ3) is 2.26. The molecule has 0 fully saturated rings. The van der Waals surface area contributed by atoms with Gasteiger partial charge >= 0.3 is 0 Å². The topological polar surface area (TPSA) is 12.0 Å². The molecule has 0 saturated carbocycles. The first-order valence-electron chi connectivity index (χ1n) is 6.02. The fourth-order valence-corrected chi connectivity index (χ4v) is 3.81. The summed E-state index contributed by atoms with van der Waals surface area (Å²) >= 11 is 1.97. The van der Waals surface area contributed by atoms with E-state index in [1.54, 1.807) is 16.0 Å². The van der Waals surface area contributed by atoms with Gasteiger partial charge in [0.15, 0.2) is 0 Å². The predicted octanol–water partition coefficient (Wildman–Crippen LogP) is 3.54. The second-order valence-corrected chi connectivity index (χ2v) is 5.74. The molecule has 2 rings (SSSR count). The molecule has 1 aromatic rings. The van der Waals surface area contributed by atoms with Crippen LogP contribution < -0.4 is 5.32 Å². The van der Waals surface area contributed by atoms with Gasteiger partial charge in [0.05, 0.1) is 0 Å². The summed E-state index contributed by atoms with van der Waals surface area (Å²) in [5.41, 5.74) is 3.21. The van der Waals surface area contributed by atoms with Crippen LogP contribution >= 0.6 is 11.3 Å². The van der Waals surface area contributed by atoms with Crippen LogP contribution in [-0.4, -0.2) is 6.54 Å². The van der Waals surface area contributed by atoms with E-state index in [0.29, 0.717) is 0 Å². The van der Waals surface area contributed by atoms with Gasteiger partial charge in [-0.05, 0) is 47.7 Å². The molecule has 1 aliphatic carbocycles. The molecule has 0 spiro atoms. The van der Waals surface area contributed by atoms with Gasteiger partial charge in [-0.2, -0.15) is 0 Å². The van der Waals surface area contributed by atoms with Crippen molar-refractivity contribution in [3.63, 3.8) is 0 Å². The molecule has 84 valence electrons. The van der Waals surface area contributed by atoms with Crippen LogP contribution in [-0.2, 0) is 13.0 Å². The van der Waals surface area contributed by atoms with Crippen molar-refractivity contribution in [3.8, 4) is 0 Å². The maximum Gasteiger partial charge on any atom is 0.0216 e. The molecule has 0 bridgehead atoms. The van der Waals surface area contributed by atoms with Crippen molar-refractivity contribution in [2.45, 2.75) is 46.1 Å². The van der Waals surface area contributed by atoms with Crippen LogP contribution in [0.2, 0.25) is 0 Å². The fourth-order valence-electron chi connectivity index (χ4n) is 2.63. The summed E-state index contributed by atoms with van der Waals surface area (Å²) in [6.45, 7) is 9.05. The van der Waals surface area contributed by atoms with E-state index in [-0.39, 0.29) is 0 Å². The summed E-state index contributed by atoms with van der Waals surface area (Å²) in [5, 5.41) is 5.80. The third-order valence-electron chi connectivity index (χ3n) is 3.33. The molecule has 1 nitrogen and oxygen atoms in total. The quantitative estimate of drug-likeness (QED) is 0.826. The lowest BCUT2D eigenvalue weighted by Crippen LogP contribution is -2.17. The maximum absolute atomic E-state index is 3.44. The molecule has 0 aromatic carbocycles. The average Bonchev–Trinajstić information content (AvgIpc) is 2.58. The monoisotopic (exact) mass is 223 g/mol. The molecular weight excluding hydrogens is 202 g/mol. The molecule has 2 heteroatoms. The minimum atomic E-state index is 0.782. The van der Waals surface area contributed by atoms with Gasteiger partial charge in [0.1, 0.15) is 0 Å². The Morgan fingerprint density at radius 1 is 1.47 bits per heavy atom. The molecule has 0 aliphatic heterocycles. The number of hydrogen-bond acceptors (Lipinski definition) is 2. The first-order valence-corrected chi connectivity index (χ1v) is 6.90. The Morgan fingerprint density at radius 3 is 3.00 bits per heavy atom. The summed E-state index contributed by atoms with van der Waals surface area (Å²) in [6, 6.07) is 0. The van der Waals surface area contributed by atoms with Crippen molar-refractivity contribution >= 4 is 11.3 Å². The molecular formula is C13H21NS. The first-order chi connectivity index (χ1) is 7.22. The maximum atomic E-state index is 3.44. The van der Waals surface area contributed by atoms with Crippen molar-refractivity contribution < 1.29 is 0 Å². The fraction of sp³-hybridized carbons (Fsp3) is 0.692. The van der Waals surface area contributed by atoms with Crippen molar-refractivity contribution in [2.75, 3.05) is 6.54 Å². The SMILES string of the molecule is CCNCc1csc2c1CC(C)CC2C. The van der Waals surface area contributed by atoms with E-state index in [2.05, 4.69) is 31.5 Å². The summed E-state index contributed by atoms with van der Waals surface area (Å²) in [7, 11) is 0. The normalized spacial score (nSPS) is 25.3. The van der Waals surface area contributed by atoms with E-state index < -0.39 is 0 Å². The van der Waals surface area contributed by atoms with Crippen LogP contribution in [0.5, 0.6) is 0 Å². The smallest absolute Gasteiger partial charge is 0.0216 e. The zero-order valence-corrected chi connectivity index (χ0v) is 10.8. The van der Waals surface area contributed by atoms with Gasteiger partial charge < -0.3 is 5.32 Å². The van der Waals surface area contributed by atoms with Crippen LogP contribution in [0.25, 0.3) is 0 Å². The second-order valence-electron chi connectivity index (χ2n) is 4.83. The number of nitrogens with one attached hydrogen (secondary N) is 1. The Morgan fingerprint density at radius 2 is 2.27 bits per heavy atom. The molecule has 0 saturated heterocycles. The van der Waals surface area contributed by atoms with Crippen LogP contribution in [0, 0.1) is 5.92 Å². The second kappa shape index (κ2) is 4.67. The number of hydrogen-bond donors (Lipinski definition) is 1. The molecule has 0 amide bonds. The van der Waals surface area contributed by atoms with E-state index in [0.717, 1.165) is 24.9 Å². The largest absolute Gasteiger partial charge is 0.313 e. The van der Waals surface area contributed by atoms with E-state index in [9.17, 15) is 0 Å². The molecule has 2 atom stereocenters. The van der Waals surface area contributed by atoms with E-state index >= 15 is 0 Å². The van der Waals surface area contributed by atoms with Gasteiger partial charge in [0, 0.05) is 11.4 Å². The van der Waals surface area contributed by atoms with E-state index in [4.69, 9.17) is 0 Å². The van der Waals surface area contributed by atoms with Crippen molar-refractivity contribution in [3.05, 3.63) is 21.4 Å². The highest BCUT2D eigenvalue weighted by atomic mass is 32.1. The average molecular weight is 223 g/mol. The zero-order valence-electron chi connectivity index (χ0n) is 9.97. The Hall–Kier alpha value is -0.340. The van der Waals surface area contributed by atoms with Crippen LogP contribution in [0.4, 0.5) is 0 Å². The molecule has 2 unspecified atom stereocenters. The van der Waals surface area contributed by atoms with Crippen molar-refractivity contribution in [2.24, 2.45) is 5.92 Å². The van der Waals surface area contributed by atoms with Gasteiger partial charge in [-0.15, -0.1) is 11.3 Å². The van der Waals surface area contributed by atoms with Crippen molar-refractivity contribution in [1.82, 2.24) is 5.32 Å². The summed E-state index contributed by atoms with van der Waals surface area (Å²) in [5.74, 6) is 1.65. The molecule has 1 aromatic heterocycles. The van der Waals surface area contributed by atoms with Gasteiger partial charge in [-0.25, -0.2) is 0 Å². The minimum absolute atomic E-state index is 0.782. The molecule has 0 radical (unpaired) electrons. The Kier molecular flexibility index (Phi) is 3.47. The molecule has 1 N–H and O–H groups in total. The molecule has 1 aliphatic rings. The van der Waals surface area contributed by atoms with Gasteiger partial charge in [0.2, 0.25) is 0 Å². The van der Waals surface area contributed by atoms with Crippen LogP contribution in [0.15, 0.2) is 5.38 Å².